The quantitative estimate of drug-likeness (QED) is 0.772. The second-order valence-corrected chi connectivity index (χ2v) is 5.33. The molecule has 0 fully saturated rings. The van der Waals surface area contributed by atoms with E-state index in [9.17, 15) is 4.39 Å². The van der Waals surface area contributed by atoms with Crippen molar-refractivity contribution in [3.8, 4) is 17.2 Å². The van der Waals surface area contributed by atoms with Gasteiger partial charge in [-0.15, -0.1) is 22.9 Å². The van der Waals surface area contributed by atoms with Crippen molar-refractivity contribution in [2.24, 2.45) is 0 Å². The molecule has 0 bridgehead atoms. The van der Waals surface area contributed by atoms with Crippen LogP contribution in [0.3, 0.4) is 0 Å². The molecule has 1 unspecified atom stereocenters. The molecule has 1 heterocycles. The van der Waals surface area contributed by atoms with Gasteiger partial charge in [0.1, 0.15) is 11.6 Å². The zero-order chi connectivity index (χ0) is 14.7. The molecule has 6 heteroatoms. The molecule has 108 valence electrons. The summed E-state index contributed by atoms with van der Waals surface area (Å²) in [5.41, 5.74) is 0.324. The number of rotatable bonds is 5. The average molecular weight is 317 g/mol. The zero-order valence-electron chi connectivity index (χ0n) is 11.3. The monoisotopic (exact) mass is 316 g/mol. The largest absolute Gasteiger partial charge is 0.496 e. The molecule has 0 spiro atoms. The molecule has 20 heavy (non-hydrogen) atoms. The lowest BCUT2D eigenvalue weighted by molar-refractivity contribution is 0.351. The molecule has 1 aromatic carbocycles. The van der Waals surface area contributed by atoms with Crippen LogP contribution >= 0.6 is 22.9 Å². The van der Waals surface area contributed by atoms with E-state index in [0.29, 0.717) is 22.8 Å². The Morgan fingerprint density at radius 2 is 1.65 bits per heavy atom. The molecule has 1 aromatic heterocycles. The fourth-order valence-electron chi connectivity index (χ4n) is 1.87. The normalized spacial score (nSPS) is 12.1. The Morgan fingerprint density at radius 3 is 2.25 bits per heavy atom. The molecule has 2 aromatic rings. The fraction of sp³-hybridized carbons (Fsp3) is 0.286. The highest BCUT2D eigenvalue weighted by atomic mass is 35.5. The topological polar surface area (TPSA) is 27.7 Å². The van der Waals surface area contributed by atoms with Gasteiger partial charge in [0, 0.05) is 11.6 Å². The predicted molar refractivity (Wildman–Crippen MR) is 78.1 cm³/mol. The first kappa shape index (κ1) is 14.9. The lowest BCUT2D eigenvalue weighted by atomic mass is 10.1. The summed E-state index contributed by atoms with van der Waals surface area (Å²) in [6, 6.07) is 4.61. The Morgan fingerprint density at radius 1 is 1.05 bits per heavy atom. The molecule has 0 saturated carbocycles. The lowest BCUT2D eigenvalue weighted by Crippen LogP contribution is -2.00. The predicted octanol–water partition coefficient (Wildman–Crippen LogP) is 4.24. The summed E-state index contributed by atoms with van der Waals surface area (Å²) in [4.78, 5) is 0.750. The minimum Gasteiger partial charge on any atom is -0.496 e. The van der Waals surface area contributed by atoms with Gasteiger partial charge in [-0.05, 0) is 17.5 Å². The molecule has 0 saturated heterocycles. The first-order chi connectivity index (χ1) is 9.62. The molecule has 1 atom stereocenters. The molecule has 0 aliphatic carbocycles. The summed E-state index contributed by atoms with van der Waals surface area (Å²) in [5.74, 6) is 0.961. The van der Waals surface area contributed by atoms with E-state index in [1.165, 1.54) is 31.6 Å². The van der Waals surface area contributed by atoms with Gasteiger partial charge in [-0.25, -0.2) is 4.39 Å². The maximum Gasteiger partial charge on any atom is 0.163 e. The summed E-state index contributed by atoms with van der Waals surface area (Å²) in [5, 5.41) is 1.20. The summed E-state index contributed by atoms with van der Waals surface area (Å²) < 4.78 is 29.6. The molecule has 0 aliphatic rings. The van der Waals surface area contributed by atoms with Crippen LogP contribution in [0.15, 0.2) is 23.6 Å². The van der Waals surface area contributed by atoms with Crippen LogP contribution in [0.5, 0.6) is 17.2 Å². The Kier molecular flexibility index (Phi) is 4.73. The van der Waals surface area contributed by atoms with Crippen molar-refractivity contribution in [3.63, 3.8) is 0 Å². The van der Waals surface area contributed by atoms with Gasteiger partial charge >= 0.3 is 0 Å². The van der Waals surface area contributed by atoms with Crippen molar-refractivity contribution in [2.75, 3.05) is 21.3 Å². The molecular weight excluding hydrogens is 303 g/mol. The van der Waals surface area contributed by atoms with E-state index in [4.69, 9.17) is 25.8 Å². The Balaban J connectivity index is 2.46. The number of hydrogen-bond acceptors (Lipinski definition) is 4. The van der Waals surface area contributed by atoms with Gasteiger partial charge in [0.2, 0.25) is 0 Å². The van der Waals surface area contributed by atoms with Crippen LogP contribution in [0.25, 0.3) is 0 Å². The van der Waals surface area contributed by atoms with Crippen molar-refractivity contribution < 1.29 is 18.6 Å². The van der Waals surface area contributed by atoms with Gasteiger partial charge in [0.15, 0.2) is 11.5 Å². The second-order valence-electron chi connectivity index (χ2n) is 3.94. The number of hydrogen-bond donors (Lipinski definition) is 0. The van der Waals surface area contributed by atoms with Crippen molar-refractivity contribution in [1.29, 1.82) is 0 Å². The van der Waals surface area contributed by atoms with E-state index in [0.717, 1.165) is 4.88 Å². The van der Waals surface area contributed by atoms with E-state index < -0.39 is 11.2 Å². The van der Waals surface area contributed by atoms with E-state index in [2.05, 4.69) is 0 Å². The summed E-state index contributed by atoms with van der Waals surface area (Å²) in [7, 11) is 4.51. The Bertz CT molecular complexity index is 600. The van der Waals surface area contributed by atoms with Crippen LogP contribution in [0.4, 0.5) is 4.39 Å². The Labute approximate surface area is 125 Å². The van der Waals surface area contributed by atoms with Crippen LogP contribution in [-0.4, -0.2) is 21.3 Å². The van der Waals surface area contributed by atoms with Crippen LogP contribution in [0, 0.1) is 5.82 Å². The molecule has 3 nitrogen and oxygen atoms in total. The van der Waals surface area contributed by atoms with Gasteiger partial charge in [0.25, 0.3) is 0 Å². The smallest absolute Gasteiger partial charge is 0.163 e. The molecule has 0 aliphatic heterocycles. The third kappa shape index (κ3) is 2.69. The van der Waals surface area contributed by atoms with Crippen LogP contribution < -0.4 is 14.2 Å². The number of thiophene rings is 1. The highest BCUT2D eigenvalue weighted by Gasteiger charge is 2.23. The van der Waals surface area contributed by atoms with Gasteiger partial charge in [0.05, 0.1) is 31.6 Å². The van der Waals surface area contributed by atoms with E-state index in [-0.39, 0.29) is 0 Å². The number of halogens is 2. The summed E-state index contributed by atoms with van der Waals surface area (Å²) in [6.45, 7) is 0. The molecule has 0 radical (unpaired) electrons. The van der Waals surface area contributed by atoms with Gasteiger partial charge in [-0.1, -0.05) is 0 Å². The molecule has 0 N–H and O–H groups in total. The van der Waals surface area contributed by atoms with Crippen molar-refractivity contribution in [3.05, 3.63) is 39.8 Å². The number of methoxy groups -OCH3 is 3. The van der Waals surface area contributed by atoms with Crippen LogP contribution in [-0.2, 0) is 0 Å². The third-order valence-corrected chi connectivity index (χ3v) is 4.43. The Hall–Kier alpha value is -1.46. The van der Waals surface area contributed by atoms with Crippen molar-refractivity contribution in [2.45, 2.75) is 5.38 Å². The number of benzene rings is 1. The maximum atomic E-state index is 14.2. The van der Waals surface area contributed by atoms with Crippen molar-refractivity contribution >= 4 is 22.9 Å². The first-order valence-corrected chi connectivity index (χ1v) is 7.10. The van der Waals surface area contributed by atoms with Gasteiger partial charge < -0.3 is 14.2 Å². The SMILES string of the molecule is COc1cc(F)c(C(Cl)c2sccc2OC)cc1OC. The fourth-order valence-corrected chi connectivity index (χ4v) is 3.15. The number of ether oxygens (including phenoxy) is 3. The van der Waals surface area contributed by atoms with Gasteiger partial charge in [-0.2, -0.15) is 0 Å². The second kappa shape index (κ2) is 6.33. The minimum atomic E-state index is -0.648. The van der Waals surface area contributed by atoms with Crippen LogP contribution in [0.2, 0.25) is 0 Å². The van der Waals surface area contributed by atoms with Gasteiger partial charge in [-0.3, -0.25) is 0 Å². The van der Waals surface area contributed by atoms with E-state index >= 15 is 0 Å². The zero-order valence-corrected chi connectivity index (χ0v) is 12.8. The third-order valence-electron chi connectivity index (χ3n) is 2.88. The molecular formula is C14H14ClFO3S. The van der Waals surface area contributed by atoms with E-state index in [1.54, 1.807) is 19.2 Å². The molecule has 2 rings (SSSR count). The van der Waals surface area contributed by atoms with E-state index in [1.807, 2.05) is 5.38 Å². The van der Waals surface area contributed by atoms with Crippen LogP contribution in [0.1, 0.15) is 15.8 Å². The first-order valence-electron chi connectivity index (χ1n) is 5.79. The maximum absolute atomic E-state index is 14.2. The van der Waals surface area contributed by atoms with Crippen molar-refractivity contribution in [1.82, 2.24) is 0 Å². The lowest BCUT2D eigenvalue weighted by Gasteiger charge is -2.15. The standard InChI is InChI=1S/C14H14ClFO3S/c1-17-10-4-5-20-14(10)13(15)8-6-11(18-2)12(19-3)7-9(8)16/h4-7,13H,1-3H3. The molecule has 0 amide bonds. The highest BCUT2D eigenvalue weighted by molar-refractivity contribution is 7.10. The average Bonchev–Trinajstić information content (AvgIpc) is 2.94. The number of alkyl halides is 1. The highest BCUT2D eigenvalue weighted by Crippen LogP contribution is 2.42. The summed E-state index contributed by atoms with van der Waals surface area (Å²) in [6.07, 6.45) is 0. The minimum absolute atomic E-state index is 0.324. The summed E-state index contributed by atoms with van der Waals surface area (Å²) >= 11 is 7.79.